The summed E-state index contributed by atoms with van der Waals surface area (Å²) in [6.07, 6.45) is 2.46. The highest BCUT2D eigenvalue weighted by Crippen LogP contribution is 2.13. The molecule has 0 spiro atoms. The number of nitriles is 1. The van der Waals surface area contributed by atoms with Crippen molar-refractivity contribution in [3.05, 3.63) is 47.2 Å². The lowest BCUT2D eigenvalue weighted by atomic mass is 10.1. The van der Waals surface area contributed by atoms with Gasteiger partial charge >= 0.3 is 0 Å². The summed E-state index contributed by atoms with van der Waals surface area (Å²) in [4.78, 5) is 12.3. The van der Waals surface area contributed by atoms with Crippen molar-refractivity contribution in [2.24, 2.45) is 0 Å². The number of rotatable bonds is 6. The van der Waals surface area contributed by atoms with E-state index in [1.54, 1.807) is 10.7 Å². The van der Waals surface area contributed by atoms with E-state index >= 15 is 0 Å². The van der Waals surface area contributed by atoms with Gasteiger partial charge < -0.3 is 5.32 Å². The third-order valence-corrected chi connectivity index (χ3v) is 3.33. The predicted molar refractivity (Wildman–Crippen MR) is 85.6 cm³/mol. The predicted octanol–water partition coefficient (Wildman–Crippen LogP) is 3.31. The Balaban J connectivity index is 2.10. The van der Waals surface area contributed by atoms with Crippen LogP contribution >= 0.6 is 0 Å². The van der Waals surface area contributed by atoms with Crippen molar-refractivity contribution in [1.29, 1.82) is 5.26 Å². The van der Waals surface area contributed by atoms with Crippen molar-refractivity contribution < 1.29 is 4.79 Å². The van der Waals surface area contributed by atoms with Crippen LogP contribution in [-0.4, -0.2) is 15.7 Å². The Hall–Kier alpha value is -2.61. The molecule has 0 unspecified atom stereocenters. The van der Waals surface area contributed by atoms with Crippen LogP contribution in [0.2, 0.25) is 0 Å². The number of aryl methyl sites for hydroxylation is 3. The number of carbonyl (C=O) groups is 1. The minimum atomic E-state index is -0.166. The average molecular weight is 296 g/mol. The molecule has 2 rings (SSSR count). The number of carbonyl (C=O) groups excluding carboxylic acids is 1. The van der Waals surface area contributed by atoms with Gasteiger partial charge in [-0.3, -0.25) is 4.79 Å². The third-order valence-electron chi connectivity index (χ3n) is 3.33. The van der Waals surface area contributed by atoms with Gasteiger partial charge in [0.1, 0.15) is 5.82 Å². The number of amides is 1. The summed E-state index contributed by atoms with van der Waals surface area (Å²) in [5.41, 5.74) is 2.66. The zero-order valence-electron chi connectivity index (χ0n) is 13.0. The van der Waals surface area contributed by atoms with Crippen molar-refractivity contribution >= 4 is 11.7 Å². The second-order valence-corrected chi connectivity index (χ2v) is 5.20. The van der Waals surface area contributed by atoms with Crippen molar-refractivity contribution in [2.45, 2.75) is 39.7 Å². The topological polar surface area (TPSA) is 70.7 Å². The van der Waals surface area contributed by atoms with E-state index in [1.165, 1.54) is 5.56 Å². The largest absolute Gasteiger partial charge is 0.307 e. The summed E-state index contributed by atoms with van der Waals surface area (Å²) >= 11 is 0. The maximum Gasteiger partial charge on any atom is 0.256 e. The van der Waals surface area contributed by atoms with E-state index < -0.39 is 0 Å². The van der Waals surface area contributed by atoms with Crippen LogP contribution in [0.3, 0.4) is 0 Å². The lowest BCUT2D eigenvalue weighted by Gasteiger charge is -2.08. The minimum absolute atomic E-state index is 0.166. The molecule has 1 heterocycles. The fraction of sp³-hybridized carbons (Fsp3) is 0.353. The lowest BCUT2D eigenvalue weighted by Crippen LogP contribution is -2.15. The van der Waals surface area contributed by atoms with Gasteiger partial charge in [-0.2, -0.15) is 10.4 Å². The fourth-order valence-electron chi connectivity index (χ4n) is 2.27. The van der Waals surface area contributed by atoms with Crippen LogP contribution in [0.1, 0.15) is 41.4 Å². The highest BCUT2D eigenvalue weighted by Gasteiger charge is 2.11. The van der Waals surface area contributed by atoms with Gasteiger partial charge in [0.2, 0.25) is 0 Å². The van der Waals surface area contributed by atoms with E-state index in [0.29, 0.717) is 24.3 Å². The standard InChI is InChI=1S/C17H20N4O/c1-3-5-14-6-8-15(9-7-14)17(22)19-16-12-13(2)20-21(16)11-4-10-18/h6-9,12H,3-5,11H2,1-2H3,(H,19,22). The van der Waals surface area contributed by atoms with Crippen molar-refractivity contribution in [3.8, 4) is 6.07 Å². The maximum atomic E-state index is 12.3. The number of nitrogens with one attached hydrogen (secondary N) is 1. The van der Waals surface area contributed by atoms with Crippen molar-refractivity contribution in [3.63, 3.8) is 0 Å². The van der Waals surface area contributed by atoms with Crippen molar-refractivity contribution in [2.75, 3.05) is 5.32 Å². The van der Waals surface area contributed by atoms with Crippen molar-refractivity contribution in [1.82, 2.24) is 9.78 Å². The molecule has 0 aliphatic rings. The second kappa shape index (κ2) is 7.41. The minimum Gasteiger partial charge on any atom is -0.307 e. The summed E-state index contributed by atoms with van der Waals surface area (Å²) in [5.74, 6) is 0.455. The molecule has 0 bridgehead atoms. The SMILES string of the molecule is CCCc1ccc(C(=O)Nc2cc(C)nn2CCC#N)cc1. The third kappa shape index (κ3) is 3.95. The Morgan fingerprint density at radius 1 is 1.36 bits per heavy atom. The normalized spacial score (nSPS) is 10.2. The Morgan fingerprint density at radius 3 is 2.73 bits per heavy atom. The molecule has 114 valence electrons. The molecule has 1 aromatic carbocycles. The number of anilines is 1. The van der Waals surface area contributed by atoms with Gasteiger partial charge in [0, 0.05) is 11.6 Å². The van der Waals surface area contributed by atoms with E-state index in [4.69, 9.17) is 5.26 Å². The maximum absolute atomic E-state index is 12.3. The Bertz CT molecular complexity index is 680. The lowest BCUT2D eigenvalue weighted by molar-refractivity contribution is 0.102. The molecule has 5 nitrogen and oxygen atoms in total. The summed E-state index contributed by atoms with van der Waals surface area (Å²) < 4.78 is 1.65. The first-order valence-electron chi connectivity index (χ1n) is 7.45. The number of aromatic nitrogens is 2. The second-order valence-electron chi connectivity index (χ2n) is 5.20. The molecule has 1 aromatic heterocycles. The molecule has 0 fully saturated rings. The van der Waals surface area contributed by atoms with Crippen LogP contribution in [0.15, 0.2) is 30.3 Å². The summed E-state index contributed by atoms with van der Waals surface area (Å²) in [5, 5.41) is 15.8. The number of benzene rings is 1. The molecule has 0 radical (unpaired) electrons. The quantitative estimate of drug-likeness (QED) is 0.889. The van der Waals surface area contributed by atoms with Gasteiger partial charge in [-0.1, -0.05) is 25.5 Å². The van der Waals surface area contributed by atoms with Gasteiger partial charge in [-0.05, 0) is 31.0 Å². The van der Waals surface area contributed by atoms with Gasteiger partial charge in [-0.25, -0.2) is 4.68 Å². The van der Waals surface area contributed by atoms with Crippen LogP contribution in [0, 0.1) is 18.3 Å². The summed E-state index contributed by atoms with van der Waals surface area (Å²) in [7, 11) is 0. The molecule has 0 saturated carbocycles. The first-order valence-corrected chi connectivity index (χ1v) is 7.45. The summed E-state index contributed by atoms with van der Waals surface area (Å²) in [6.45, 7) is 4.46. The highest BCUT2D eigenvalue weighted by atomic mass is 16.1. The molecule has 2 aromatic rings. The first kappa shape index (κ1) is 15.8. The molecule has 0 aliphatic carbocycles. The molecule has 5 heteroatoms. The molecular formula is C17H20N4O. The molecule has 1 amide bonds. The van der Waals surface area contributed by atoms with Gasteiger partial charge in [0.15, 0.2) is 0 Å². The first-order chi connectivity index (χ1) is 10.6. The number of hydrogen-bond acceptors (Lipinski definition) is 3. The molecule has 0 atom stereocenters. The zero-order valence-corrected chi connectivity index (χ0v) is 13.0. The molecule has 22 heavy (non-hydrogen) atoms. The Labute approximate surface area is 130 Å². The van der Waals surface area contributed by atoms with Gasteiger partial charge in [-0.15, -0.1) is 0 Å². The van der Waals surface area contributed by atoms with E-state index in [1.807, 2.05) is 31.2 Å². The van der Waals surface area contributed by atoms with Crippen LogP contribution < -0.4 is 5.32 Å². The van der Waals surface area contributed by atoms with E-state index in [9.17, 15) is 4.79 Å². The van der Waals surface area contributed by atoms with Crippen LogP contribution in [0.25, 0.3) is 0 Å². The Kier molecular flexibility index (Phi) is 5.31. The Morgan fingerprint density at radius 2 is 2.09 bits per heavy atom. The van der Waals surface area contributed by atoms with E-state index in [2.05, 4.69) is 23.4 Å². The smallest absolute Gasteiger partial charge is 0.256 e. The zero-order chi connectivity index (χ0) is 15.9. The average Bonchev–Trinajstić information content (AvgIpc) is 2.85. The van der Waals surface area contributed by atoms with E-state index in [-0.39, 0.29) is 5.91 Å². The summed E-state index contributed by atoms with van der Waals surface area (Å²) in [6, 6.07) is 11.5. The molecule has 0 aliphatic heterocycles. The fourth-order valence-corrected chi connectivity index (χ4v) is 2.27. The number of hydrogen-bond donors (Lipinski definition) is 1. The highest BCUT2D eigenvalue weighted by molar-refractivity contribution is 6.03. The van der Waals surface area contributed by atoms with Crippen LogP contribution in [0.4, 0.5) is 5.82 Å². The van der Waals surface area contributed by atoms with Crippen LogP contribution in [0.5, 0.6) is 0 Å². The van der Waals surface area contributed by atoms with Crippen LogP contribution in [-0.2, 0) is 13.0 Å². The van der Waals surface area contributed by atoms with Gasteiger partial charge in [0.25, 0.3) is 5.91 Å². The molecule has 0 saturated heterocycles. The molecular weight excluding hydrogens is 276 g/mol. The molecule has 1 N–H and O–H groups in total. The van der Waals surface area contributed by atoms with Gasteiger partial charge in [0.05, 0.1) is 24.7 Å². The monoisotopic (exact) mass is 296 g/mol. The number of nitrogens with zero attached hydrogens (tertiary/aromatic N) is 3. The van der Waals surface area contributed by atoms with E-state index in [0.717, 1.165) is 18.5 Å².